The van der Waals surface area contributed by atoms with Gasteiger partial charge in [0.2, 0.25) is 0 Å². The van der Waals surface area contributed by atoms with Gasteiger partial charge in [-0.3, -0.25) is 4.79 Å². The van der Waals surface area contributed by atoms with Gasteiger partial charge in [-0.1, -0.05) is 18.2 Å². The molecule has 1 amide bonds. The molecule has 1 rings (SSSR count). The minimum atomic E-state index is 0.0580. The number of hydrogen-bond donors (Lipinski definition) is 1. The summed E-state index contributed by atoms with van der Waals surface area (Å²) >= 11 is 0. The Morgan fingerprint density at radius 3 is 2.60 bits per heavy atom. The highest BCUT2D eigenvalue weighted by atomic mass is 16.2. The van der Waals surface area contributed by atoms with Crippen molar-refractivity contribution < 1.29 is 4.79 Å². The first-order valence-electron chi connectivity index (χ1n) is 5.16. The van der Waals surface area contributed by atoms with E-state index in [0.717, 1.165) is 24.0 Å². The average Bonchev–Trinajstić information content (AvgIpc) is 2.25. The number of benzene rings is 1. The van der Waals surface area contributed by atoms with Crippen LogP contribution >= 0.6 is 0 Å². The number of aryl methyl sites for hydroxylation is 1. The highest BCUT2D eigenvalue weighted by Crippen LogP contribution is 2.12. The van der Waals surface area contributed by atoms with Gasteiger partial charge in [0.1, 0.15) is 0 Å². The van der Waals surface area contributed by atoms with E-state index in [2.05, 4.69) is 0 Å². The third kappa shape index (κ3) is 3.06. The van der Waals surface area contributed by atoms with Crippen molar-refractivity contribution in [3.63, 3.8) is 0 Å². The van der Waals surface area contributed by atoms with Gasteiger partial charge in [0.15, 0.2) is 0 Å². The lowest BCUT2D eigenvalue weighted by Crippen LogP contribution is -2.23. The third-order valence-electron chi connectivity index (χ3n) is 2.30. The van der Waals surface area contributed by atoms with E-state index in [1.807, 2.05) is 24.3 Å². The molecule has 0 heterocycles. The molecular weight excluding hydrogens is 188 g/mol. The van der Waals surface area contributed by atoms with Gasteiger partial charge in [-0.05, 0) is 31.0 Å². The lowest BCUT2D eigenvalue weighted by molar-refractivity contribution is 0.0826. The molecule has 0 bridgehead atoms. The number of rotatable bonds is 4. The monoisotopic (exact) mass is 206 g/mol. The van der Waals surface area contributed by atoms with Crippen LogP contribution in [-0.4, -0.2) is 31.4 Å². The second kappa shape index (κ2) is 5.51. The molecule has 0 saturated heterocycles. The Morgan fingerprint density at radius 2 is 2.00 bits per heavy atom. The topological polar surface area (TPSA) is 46.3 Å². The summed E-state index contributed by atoms with van der Waals surface area (Å²) in [4.78, 5) is 13.4. The van der Waals surface area contributed by atoms with Crippen molar-refractivity contribution in [2.24, 2.45) is 5.73 Å². The summed E-state index contributed by atoms with van der Waals surface area (Å²) in [5.74, 6) is 0.0580. The van der Waals surface area contributed by atoms with E-state index in [1.54, 1.807) is 19.0 Å². The predicted octanol–water partition coefficient (Wildman–Crippen LogP) is 1.28. The zero-order valence-electron chi connectivity index (χ0n) is 9.36. The number of carbonyl (C=O) groups is 1. The molecule has 0 aliphatic rings. The number of carbonyl (C=O) groups excluding carboxylic acids is 1. The molecule has 82 valence electrons. The normalized spacial score (nSPS) is 10.1. The maximum Gasteiger partial charge on any atom is 0.253 e. The molecule has 0 aliphatic heterocycles. The quantitative estimate of drug-likeness (QED) is 0.806. The standard InChI is InChI=1S/C12H18N2O/c1-14(2)12(15)11-8-4-3-6-10(11)7-5-9-13/h3-4,6,8H,5,7,9,13H2,1-2H3. The molecular formula is C12H18N2O. The SMILES string of the molecule is CN(C)C(=O)c1ccccc1CCCN. The Bertz CT molecular complexity index is 334. The zero-order valence-corrected chi connectivity index (χ0v) is 9.36. The van der Waals surface area contributed by atoms with Crippen LogP contribution < -0.4 is 5.73 Å². The van der Waals surface area contributed by atoms with Crippen molar-refractivity contribution in [3.05, 3.63) is 35.4 Å². The highest BCUT2D eigenvalue weighted by molar-refractivity contribution is 5.95. The molecule has 0 saturated carbocycles. The zero-order chi connectivity index (χ0) is 11.3. The molecule has 0 atom stereocenters. The second-order valence-corrected chi connectivity index (χ2v) is 3.75. The van der Waals surface area contributed by atoms with E-state index < -0.39 is 0 Å². The van der Waals surface area contributed by atoms with E-state index in [4.69, 9.17) is 5.73 Å². The fourth-order valence-electron chi connectivity index (χ4n) is 1.48. The fraction of sp³-hybridized carbons (Fsp3) is 0.417. The molecule has 0 aliphatic carbocycles. The maximum atomic E-state index is 11.8. The Balaban J connectivity index is 2.90. The number of nitrogens with zero attached hydrogens (tertiary/aromatic N) is 1. The smallest absolute Gasteiger partial charge is 0.253 e. The van der Waals surface area contributed by atoms with Crippen LogP contribution in [0, 0.1) is 0 Å². The summed E-state index contributed by atoms with van der Waals surface area (Å²) in [5.41, 5.74) is 7.34. The second-order valence-electron chi connectivity index (χ2n) is 3.75. The number of nitrogens with two attached hydrogens (primary N) is 1. The lowest BCUT2D eigenvalue weighted by atomic mass is 10.0. The minimum Gasteiger partial charge on any atom is -0.345 e. The molecule has 1 aromatic rings. The van der Waals surface area contributed by atoms with Crippen molar-refractivity contribution in [3.8, 4) is 0 Å². The molecule has 3 heteroatoms. The van der Waals surface area contributed by atoms with E-state index >= 15 is 0 Å². The summed E-state index contributed by atoms with van der Waals surface area (Å²) in [6.07, 6.45) is 1.78. The van der Waals surface area contributed by atoms with E-state index in [-0.39, 0.29) is 5.91 Å². The van der Waals surface area contributed by atoms with Crippen molar-refractivity contribution in [2.45, 2.75) is 12.8 Å². The van der Waals surface area contributed by atoms with Crippen LogP contribution in [0.5, 0.6) is 0 Å². The molecule has 0 spiro atoms. The lowest BCUT2D eigenvalue weighted by Gasteiger charge is -2.13. The molecule has 0 fully saturated rings. The summed E-state index contributed by atoms with van der Waals surface area (Å²) in [5, 5.41) is 0. The van der Waals surface area contributed by atoms with Gasteiger partial charge in [0.25, 0.3) is 5.91 Å². The van der Waals surface area contributed by atoms with Crippen LogP contribution in [0.2, 0.25) is 0 Å². The first kappa shape index (κ1) is 11.7. The molecule has 0 unspecified atom stereocenters. The average molecular weight is 206 g/mol. The van der Waals surface area contributed by atoms with E-state index in [9.17, 15) is 4.79 Å². The van der Waals surface area contributed by atoms with Crippen LogP contribution in [0.1, 0.15) is 22.3 Å². The Kier molecular flexibility index (Phi) is 4.31. The first-order chi connectivity index (χ1) is 7.16. The van der Waals surface area contributed by atoms with Crippen molar-refractivity contribution >= 4 is 5.91 Å². The van der Waals surface area contributed by atoms with E-state index in [1.165, 1.54) is 0 Å². The van der Waals surface area contributed by atoms with Crippen LogP contribution in [0.15, 0.2) is 24.3 Å². The summed E-state index contributed by atoms with van der Waals surface area (Å²) in [6.45, 7) is 0.657. The van der Waals surface area contributed by atoms with Crippen LogP contribution in [0.4, 0.5) is 0 Å². The molecule has 0 aromatic heterocycles. The van der Waals surface area contributed by atoms with Gasteiger partial charge in [-0.15, -0.1) is 0 Å². The van der Waals surface area contributed by atoms with Gasteiger partial charge >= 0.3 is 0 Å². The van der Waals surface area contributed by atoms with Gasteiger partial charge in [-0.25, -0.2) is 0 Å². The predicted molar refractivity (Wildman–Crippen MR) is 61.8 cm³/mol. The highest BCUT2D eigenvalue weighted by Gasteiger charge is 2.11. The van der Waals surface area contributed by atoms with Crippen molar-refractivity contribution in [2.75, 3.05) is 20.6 Å². The minimum absolute atomic E-state index is 0.0580. The third-order valence-corrected chi connectivity index (χ3v) is 2.30. The Hall–Kier alpha value is -1.35. The van der Waals surface area contributed by atoms with Crippen LogP contribution in [0.25, 0.3) is 0 Å². The fourth-order valence-corrected chi connectivity index (χ4v) is 1.48. The number of amides is 1. The van der Waals surface area contributed by atoms with Crippen LogP contribution in [-0.2, 0) is 6.42 Å². The summed E-state index contributed by atoms with van der Waals surface area (Å²) in [6, 6.07) is 7.71. The van der Waals surface area contributed by atoms with Crippen molar-refractivity contribution in [1.82, 2.24) is 4.90 Å². The molecule has 15 heavy (non-hydrogen) atoms. The van der Waals surface area contributed by atoms with Gasteiger partial charge in [0.05, 0.1) is 0 Å². The summed E-state index contributed by atoms with van der Waals surface area (Å²) in [7, 11) is 3.53. The van der Waals surface area contributed by atoms with Gasteiger partial charge in [-0.2, -0.15) is 0 Å². The van der Waals surface area contributed by atoms with Crippen LogP contribution in [0.3, 0.4) is 0 Å². The molecule has 2 N–H and O–H groups in total. The maximum absolute atomic E-state index is 11.8. The molecule has 3 nitrogen and oxygen atoms in total. The van der Waals surface area contributed by atoms with Crippen molar-refractivity contribution in [1.29, 1.82) is 0 Å². The Morgan fingerprint density at radius 1 is 1.33 bits per heavy atom. The number of hydrogen-bond acceptors (Lipinski definition) is 2. The van der Waals surface area contributed by atoms with E-state index in [0.29, 0.717) is 6.54 Å². The largest absolute Gasteiger partial charge is 0.345 e. The Labute approximate surface area is 90.9 Å². The van der Waals surface area contributed by atoms with Gasteiger partial charge in [0, 0.05) is 19.7 Å². The molecule has 1 aromatic carbocycles. The summed E-state index contributed by atoms with van der Waals surface area (Å²) < 4.78 is 0. The van der Waals surface area contributed by atoms with Gasteiger partial charge < -0.3 is 10.6 Å². The first-order valence-corrected chi connectivity index (χ1v) is 5.16. The molecule has 0 radical (unpaired) electrons.